The molecule has 0 bridgehead atoms. The van der Waals surface area contributed by atoms with Gasteiger partial charge in [0.25, 0.3) is 0 Å². The second-order valence-electron chi connectivity index (χ2n) is 5.25. The lowest BCUT2D eigenvalue weighted by Crippen LogP contribution is -2.26. The number of hydrogen-bond acceptors (Lipinski definition) is 1. The van der Waals surface area contributed by atoms with E-state index in [0.717, 1.165) is 11.6 Å². The Morgan fingerprint density at radius 2 is 1.89 bits per heavy atom. The van der Waals surface area contributed by atoms with E-state index in [1.165, 1.54) is 38.5 Å². The smallest absolute Gasteiger partial charge is 0.0823 e. The summed E-state index contributed by atoms with van der Waals surface area (Å²) in [6.07, 6.45) is 7.85. The monoisotopic (exact) mass is 285 g/mol. The lowest BCUT2D eigenvalue weighted by atomic mass is 9.83. The summed E-state index contributed by atoms with van der Waals surface area (Å²) >= 11 is 12.2. The van der Waals surface area contributed by atoms with Gasteiger partial charge in [-0.1, -0.05) is 49.0 Å². The second-order valence-corrected chi connectivity index (χ2v) is 6.04. The van der Waals surface area contributed by atoms with Gasteiger partial charge in [-0.25, -0.2) is 0 Å². The van der Waals surface area contributed by atoms with E-state index in [0.29, 0.717) is 16.1 Å². The largest absolute Gasteiger partial charge is 0.381 e. The Bertz CT molecular complexity index is 384. The van der Waals surface area contributed by atoms with Crippen molar-refractivity contribution in [3.05, 3.63) is 28.2 Å². The third kappa shape index (κ3) is 3.55. The number of hydrogen-bond donors (Lipinski definition) is 1. The molecule has 0 amide bonds. The van der Waals surface area contributed by atoms with E-state index in [4.69, 9.17) is 23.2 Å². The highest BCUT2D eigenvalue weighted by atomic mass is 35.5. The van der Waals surface area contributed by atoms with E-state index in [9.17, 15) is 0 Å². The van der Waals surface area contributed by atoms with Gasteiger partial charge in [0.15, 0.2) is 0 Å². The van der Waals surface area contributed by atoms with Crippen molar-refractivity contribution in [2.75, 3.05) is 5.32 Å². The highest BCUT2D eigenvalue weighted by Crippen LogP contribution is 2.33. The molecule has 0 aliphatic heterocycles. The van der Waals surface area contributed by atoms with Crippen LogP contribution in [0.25, 0.3) is 0 Å². The van der Waals surface area contributed by atoms with Gasteiger partial charge in [0.05, 0.1) is 15.7 Å². The van der Waals surface area contributed by atoms with Crippen LogP contribution in [0.15, 0.2) is 18.2 Å². The van der Waals surface area contributed by atoms with Crippen LogP contribution in [0.2, 0.25) is 10.0 Å². The normalized spacial score (nSPS) is 23.9. The third-order valence-corrected chi connectivity index (χ3v) is 4.67. The van der Waals surface area contributed by atoms with Crippen molar-refractivity contribution in [2.24, 2.45) is 5.92 Å². The average Bonchev–Trinajstić information content (AvgIpc) is 2.38. The zero-order chi connectivity index (χ0) is 13.0. The van der Waals surface area contributed by atoms with Crippen molar-refractivity contribution in [3.8, 4) is 0 Å². The van der Waals surface area contributed by atoms with Crippen LogP contribution in [0.5, 0.6) is 0 Å². The van der Waals surface area contributed by atoms with Crippen molar-refractivity contribution in [1.29, 1.82) is 0 Å². The molecule has 1 aliphatic rings. The maximum absolute atomic E-state index is 6.20. The molecule has 1 fully saturated rings. The van der Waals surface area contributed by atoms with Crippen molar-refractivity contribution in [1.82, 2.24) is 0 Å². The molecule has 18 heavy (non-hydrogen) atoms. The van der Waals surface area contributed by atoms with E-state index in [2.05, 4.69) is 12.2 Å². The fraction of sp³-hybridized carbons (Fsp3) is 0.600. The van der Waals surface area contributed by atoms with E-state index in [1.807, 2.05) is 18.2 Å². The van der Waals surface area contributed by atoms with Gasteiger partial charge in [-0.2, -0.15) is 0 Å². The molecule has 0 heterocycles. The highest BCUT2D eigenvalue weighted by molar-refractivity contribution is 6.43. The number of halogens is 2. The molecule has 0 spiro atoms. The fourth-order valence-corrected chi connectivity index (χ4v) is 3.19. The number of anilines is 1. The van der Waals surface area contributed by atoms with Crippen LogP contribution < -0.4 is 5.32 Å². The molecule has 100 valence electrons. The molecule has 3 heteroatoms. The van der Waals surface area contributed by atoms with Gasteiger partial charge in [-0.05, 0) is 43.7 Å². The summed E-state index contributed by atoms with van der Waals surface area (Å²) in [6.45, 7) is 2.27. The first-order valence-electron chi connectivity index (χ1n) is 6.91. The summed E-state index contributed by atoms with van der Waals surface area (Å²) < 4.78 is 0. The summed E-state index contributed by atoms with van der Waals surface area (Å²) in [5.74, 6) is 0.933. The summed E-state index contributed by atoms with van der Waals surface area (Å²) in [6, 6.07) is 6.33. The summed E-state index contributed by atoms with van der Waals surface area (Å²) in [4.78, 5) is 0. The number of rotatable bonds is 4. The van der Waals surface area contributed by atoms with Gasteiger partial charge in [-0.3, -0.25) is 0 Å². The molecule has 0 aromatic heterocycles. The Labute approximate surface area is 120 Å². The summed E-state index contributed by atoms with van der Waals surface area (Å²) in [7, 11) is 0. The van der Waals surface area contributed by atoms with Crippen molar-refractivity contribution in [2.45, 2.75) is 51.5 Å². The van der Waals surface area contributed by atoms with Crippen molar-refractivity contribution >= 4 is 28.9 Å². The molecule has 0 atom stereocenters. The van der Waals surface area contributed by atoms with Gasteiger partial charge in [0.1, 0.15) is 0 Å². The van der Waals surface area contributed by atoms with Crippen LogP contribution in [0.3, 0.4) is 0 Å². The third-order valence-electron chi connectivity index (χ3n) is 3.85. The Balaban J connectivity index is 1.90. The number of nitrogens with one attached hydrogen (secondary N) is 1. The van der Waals surface area contributed by atoms with Gasteiger partial charge in [0.2, 0.25) is 0 Å². The molecule has 1 N–H and O–H groups in total. The molecule has 2 rings (SSSR count). The first-order valence-corrected chi connectivity index (χ1v) is 7.66. The predicted molar refractivity (Wildman–Crippen MR) is 80.7 cm³/mol. The molecular formula is C15H21Cl2N. The maximum Gasteiger partial charge on any atom is 0.0823 e. The lowest BCUT2D eigenvalue weighted by Gasteiger charge is -2.30. The minimum Gasteiger partial charge on any atom is -0.381 e. The lowest BCUT2D eigenvalue weighted by molar-refractivity contribution is 0.319. The molecule has 1 aliphatic carbocycles. The SMILES string of the molecule is CCCC1CCC(Nc2cccc(Cl)c2Cl)CC1. The van der Waals surface area contributed by atoms with Crippen LogP contribution in [-0.2, 0) is 0 Å². The Hall–Kier alpha value is -0.400. The quantitative estimate of drug-likeness (QED) is 0.741. The topological polar surface area (TPSA) is 12.0 Å². The highest BCUT2D eigenvalue weighted by Gasteiger charge is 2.21. The Morgan fingerprint density at radius 3 is 2.56 bits per heavy atom. The van der Waals surface area contributed by atoms with Gasteiger partial charge < -0.3 is 5.32 Å². The predicted octanol–water partition coefficient (Wildman–Crippen LogP) is 5.76. The number of benzene rings is 1. The van der Waals surface area contributed by atoms with Crippen molar-refractivity contribution in [3.63, 3.8) is 0 Å². The molecule has 0 radical (unpaired) electrons. The molecular weight excluding hydrogens is 265 g/mol. The van der Waals surface area contributed by atoms with E-state index in [-0.39, 0.29) is 0 Å². The van der Waals surface area contributed by atoms with Crippen LogP contribution >= 0.6 is 23.2 Å². The van der Waals surface area contributed by atoms with Crippen molar-refractivity contribution < 1.29 is 0 Å². The van der Waals surface area contributed by atoms with Gasteiger partial charge >= 0.3 is 0 Å². The zero-order valence-electron chi connectivity index (χ0n) is 10.9. The van der Waals surface area contributed by atoms with E-state index >= 15 is 0 Å². The molecule has 1 saturated carbocycles. The standard InChI is InChI=1S/C15H21Cl2N/c1-2-4-11-7-9-12(10-8-11)18-14-6-3-5-13(16)15(14)17/h3,5-6,11-12,18H,2,4,7-10H2,1H3. The molecule has 0 saturated heterocycles. The van der Waals surface area contributed by atoms with Gasteiger partial charge in [0, 0.05) is 6.04 Å². The first kappa shape index (κ1) is 14.0. The first-order chi connectivity index (χ1) is 8.70. The summed E-state index contributed by atoms with van der Waals surface area (Å²) in [5, 5.41) is 4.81. The maximum atomic E-state index is 6.20. The Morgan fingerprint density at radius 1 is 1.17 bits per heavy atom. The zero-order valence-corrected chi connectivity index (χ0v) is 12.4. The minimum atomic E-state index is 0.550. The summed E-state index contributed by atoms with van der Waals surface area (Å²) in [5.41, 5.74) is 0.975. The molecule has 1 nitrogen and oxygen atoms in total. The van der Waals surface area contributed by atoms with Crippen LogP contribution in [0, 0.1) is 5.92 Å². The molecule has 0 unspecified atom stereocenters. The van der Waals surface area contributed by atoms with E-state index < -0.39 is 0 Å². The molecule has 1 aromatic rings. The molecule has 1 aromatic carbocycles. The van der Waals surface area contributed by atoms with Crippen LogP contribution in [0.4, 0.5) is 5.69 Å². The Kier molecular flexibility index (Phi) is 5.20. The average molecular weight is 286 g/mol. The van der Waals surface area contributed by atoms with Crippen LogP contribution in [0.1, 0.15) is 45.4 Å². The minimum absolute atomic E-state index is 0.550. The van der Waals surface area contributed by atoms with Gasteiger partial charge in [-0.15, -0.1) is 0 Å². The fourth-order valence-electron chi connectivity index (χ4n) is 2.84. The van der Waals surface area contributed by atoms with E-state index in [1.54, 1.807) is 0 Å². The van der Waals surface area contributed by atoms with Crippen LogP contribution in [-0.4, -0.2) is 6.04 Å². The second kappa shape index (κ2) is 6.68.